The van der Waals surface area contributed by atoms with Crippen LogP contribution in [0.5, 0.6) is 0 Å². The van der Waals surface area contributed by atoms with Gasteiger partial charge < -0.3 is 4.74 Å². The maximum atomic E-state index is 12.5. The van der Waals surface area contributed by atoms with Crippen molar-refractivity contribution in [3.05, 3.63) is 87.7 Å². The molecule has 0 N–H and O–H groups in total. The van der Waals surface area contributed by atoms with Gasteiger partial charge in [0.1, 0.15) is 0 Å². The Morgan fingerprint density at radius 2 is 1.77 bits per heavy atom. The quantitative estimate of drug-likeness (QED) is 0.370. The van der Waals surface area contributed by atoms with E-state index >= 15 is 0 Å². The number of hydrogen-bond donors (Lipinski definition) is 0. The van der Waals surface area contributed by atoms with Crippen LogP contribution in [-0.2, 0) is 11.2 Å². The molecule has 5 heteroatoms. The van der Waals surface area contributed by atoms with Gasteiger partial charge in [0.15, 0.2) is 12.4 Å². The molecule has 0 radical (unpaired) electrons. The summed E-state index contributed by atoms with van der Waals surface area (Å²) in [5.41, 5.74) is 5.56. The lowest BCUT2D eigenvalue weighted by atomic mass is 10.0. The minimum Gasteiger partial charge on any atom is -0.454 e. The first-order valence-corrected chi connectivity index (χ1v) is 8.93. The second kappa shape index (κ2) is 6.84. The Labute approximate surface area is 159 Å². The van der Waals surface area contributed by atoms with Crippen molar-refractivity contribution in [1.29, 1.82) is 0 Å². The minimum absolute atomic E-state index is 0.228. The third kappa shape index (κ3) is 3.18. The molecule has 0 atom stereocenters. The zero-order valence-corrected chi connectivity index (χ0v) is 15.3. The van der Waals surface area contributed by atoms with Gasteiger partial charge in [-0.15, -0.1) is 0 Å². The molecule has 1 aromatic heterocycles. The van der Waals surface area contributed by atoms with Crippen LogP contribution in [0.1, 0.15) is 31.8 Å². The molecule has 0 fully saturated rings. The molecule has 0 spiro atoms. The van der Waals surface area contributed by atoms with Crippen molar-refractivity contribution in [3.8, 4) is 11.1 Å². The number of nitrogens with zero attached hydrogens (tertiary/aromatic N) is 1. The molecular weight excluding hydrogens is 394 g/mol. The summed E-state index contributed by atoms with van der Waals surface area (Å²) in [5.74, 6) is -0.799. The molecule has 3 aromatic rings. The van der Waals surface area contributed by atoms with E-state index < -0.39 is 5.97 Å². The van der Waals surface area contributed by atoms with Gasteiger partial charge in [-0.25, -0.2) is 4.79 Å². The van der Waals surface area contributed by atoms with Crippen molar-refractivity contribution >= 4 is 27.7 Å². The van der Waals surface area contributed by atoms with E-state index in [9.17, 15) is 9.59 Å². The smallest absolute Gasteiger partial charge is 0.340 e. The Bertz CT molecular complexity index is 1030. The molecule has 1 aliphatic carbocycles. The van der Waals surface area contributed by atoms with Crippen molar-refractivity contribution in [2.24, 2.45) is 0 Å². The van der Waals surface area contributed by atoms with Crippen molar-refractivity contribution in [2.75, 3.05) is 6.61 Å². The summed E-state index contributed by atoms with van der Waals surface area (Å²) in [6.45, 7) is -0.300. The lowest BCUT2D eigenvalue weighted by Crippen LogP contribution is -2.14. The Morgan fingerprint density at radius 1 is 0.962 bits per heavy atom. The first-order valence-electron chi connectivity index (χ1n) is 8.14. The predicted molar refractivity (Wildman–Crippen MR) is 101 cm³/mol. The summed E-state index contributed by atoms with van der Waals surface area (Å²) in [6.07, 6.45) is 3.86. The van der Waals surface area contributed by atoms with E-state index in [4.69, 9.17) is 4.74 Å². The molecule has 0 bridgehead atoms. The molecule has 0 saturated carbocycles. The average Bonchev–Trinajstić information content (AvgIpc) is 3.03. The number of pyridine rings is 1. The van der Waals surface area contributed by atoms with Gasteiger partial charge in [-0.2, -0.15) is 0 Å². The highest BCUT2D eigenvalue weighted by atomic mass is 79.9. The third-order valence-electron chi connectivity index (χ3n) is 4.40. The predicted octanol–water partition coefficient (Wildman–Crippen LogP) is 4.46. The molecule has 0 unspecified atom stereocenters. The number of carbonyl (C=O) groups excluding carboxylic acids is 2. The van der Waals surface area contributed by atoms with Gasteiger partial charge in [0.05, 0.1) is 5.56 Å². The fourth-order valence-electron chi connectivity index (χ4n) is 3.12. The number of aromatic nitrogens is 1. The Balaban J connectivity index is 1.49. The van der Waals surface area contributed by atoms with Crippen molar-refractivity contribution in [1.82, 2.24) is 4.98 Å². The Kier molecular flexibility index (Phi) is 4.39. The Morgan fingerprint density at radius 3 is 2.62 bits per heavy atom. The maximum absolute atomic E-state index is 12.5. The van der Waals surface area contributed by atoms with Gasteiger partial charge in [0.25, 0.3) is 0 Å². The van der Waals surface area contributed by atoms with Crippen LogP contribution in [-0.4, -0.2) is 23.3 Å². The van der Waals surface area contributed by atoms with E-state index in [-0.39, 0.29) is 12.4 Å². The van der Waals surface area contributed by atoms with Crippen LogP contribution in [0.25, 0.3) is 11.1 Å². The summed E-state index contributed by atoms with van der Waals surface area (Å²) in [4.78, 5) is 28.4. The van der Waals surface area contributed by atoms with Gasteiger partial charge in [-0.05, 0) is 56.7 Å². The molecular formula is C21H14BrNO3. The molecule has 128 valence electrons. The van der Waals surface area contributed by atoms with Crippen molar-refractivity contribution in [3.63, 3.8) is 0 Å². The van der Waals surface area contributed by atoms with E-state index in [0.717, 1.165) is 17.5 Å². The highest BCUT2D eigenvalue weighted by Gasteiger charge is 2.20. The molecule has 26 heavy (non-hydrogen) atoms. The van der Waals surface area contributed by atoms with Crippen LogP contribution in [0.2, 0.25) is 0 Å². The number of ketones is 1. The second-order valence-corrected chi connectivity index (χ2v) is 7.01. The summed E-state index contributed by atoms with van der Waals surface area (Å²) in [5, 5.41) is 0. The van der Waals surface area contributed by atoms with E-state index in [1.165, 1.54) is 17.3 Å². The zero-order valence-electron chi connectivity index (χ0n) is 13.7. The summed E-state index contributed by atoms with van der Waals surface area (Å²) in [7, 11) is 0. The van der Waals surface area contributed by atoms with Crippen molar-refractivity contribution in [2.45, 2.75) is 6.42 Å². The van der Waals surface area contributed by atoms with Gasteiger partial charge >= 0.3 is 5.97 Å². The zero-order chi connectivity index (χ0) is 18.1. The van der Waals surface area contributed by atoms with Gasteiger partial charge in [0, 0.05) is 22.4 Å². The number of benzene rings is 2. The number of Topliss-reactive ketones (excluding diaryl/α,β-unsaturated/α-hetero) is 1. The number of hydrogen-bond acceptors (Lipinski definition) is 4. The van der Waals surface area contributed by atoms with E-state index in [0.29, 0.717) is 15.6 Å². The van der Waals surface area contributed by atoms with Crippen LogP contribution < -0.4 is 0 Å². The highest BCUT2D eigenvalue weighted by Crippen LogP contribution is 2.36. The van der Waals surface area contributed by atoms with Crippen LogP contribution in [0.3, 0.4) is 0 Å². The summed E-state index contributed by atoms with van der Waals surface area (Å²) < 4.78 is 5.82. The lowest BCUT2D eigenvalue weighted by Gasteiger charge is -2.07. The first-order chi connectivity index (χ1) is 12.6. The number of rotatable bonds is 4. The molecule has 1 aliphatic rings. The Hall–Kier alpha value is -2.79. The molecule has 4 rings (SSSR count). The van der Waals surface area contributed by atoms with E-state index in [1.807, 2.05) is 24.3 Å². The monoisotopic (exact) mass is 407 g/mol. The van der Waals surface area contributed by atoms with Gasteiger partial charge in [0.2, 0.25) is 0 Å². The summed E-state index contributed by atoms with van der Waals surface area (Å²) in [6, 6.07) is 15.4. The first kappa shape index (κ1) is 16.7. The highest BCUT2D eigenvalue weighted by molar-refractivity contribution is 9.10. The fraction of sp³-hybridized carbons (Fsp3) is 0.0952. The average molecular weight is 408 g/mol. The normalized spacial score (nSPS) is 11.6. The number of halogens is 1. The number of esters is 1. The van der Waals surface area contributed by atoms with E-state index in [2.05, 4.69) is 33.0 Å². The second-order valence-electron chi connectivity index (χ2n) is 6.10. The maximum Gasteiger partial charge on any atom is 0.340 e. The SMILES string of the molecule is O=C(COC(=O)c1cncc(Br)c1)c1ccc2c(c1)-c1ccccc1C2. The van der Waals surface area contributed by atoms with Crippen molar-refractivity contribution < 1.29 is 14.3 Å². The largest absolute Gasteiger partial charge is 0.454 e. The number of carbonyl (C=O) groups is 2. The van der Waals surface area contributed by atoms with Crippen LogP contribution in [0.15, 0.2) is 65.4 Å². The standard InChI is InChI=1S/C21H14BrNO3/c22-17-8-16(10-23-11-17)21(25)26-12-20(24)15-6-5-14-7-13-3-1-2-4-18(13)19(14)9-15/h1-6,8-11H,7,12H2. The van der Waals surface area contributed by atoms with E-state index in [1.54, 1.807) is 18.3 Å². The van der Waals surface area contributed by atoms with Crippen LogP contribution >= 0.6 is 15.9 Å². The number of ether oxygens (including phenoxy) is 1. The minimum atomic E-state index is -0.571. The molecule has 2 aromatic carbocycles. The number of fused-ring (bicyclic) bond motifs is 3. The summed E-state index contributed by atoms with van der Waals surface area (Å²) >= 11 is 3.25. The van der Waals surface area contributed by atoms with Crippen LogP contribution in [0, 0.1) is 0 Å². The fourth-order valence-corrected chi connectivity index (χ4v) is 3.48. The van der Waals surface area contributed by atoms with Gasteiger partial charge in [-0.1, -0.05) is 36.4 Å². The molecule has 0 saturated heterocycles. The third-order valence-corrected chi connectivity index (χ3v) is 4.83. The molecule has 0 aliphatic heterocycles. The van der Waals surface area contributed by atoms with Gasteiger partial charge in [-0.3, -0.25) is 9.78 Å². The molecule has 1 heterocycles. The van der Waals surface area contributed by atoms with Crippen LogP contribution in [0.4, 0.5) is 0 Å². The molecule has 0 amide bonds. The topological polar surface area (TPSA) is 56.3 Å². The molecule has 4 nitrogen and oxygen atoms in total. The lowest BCUT2D eigenvalue weighted by molar-refractivity contribution is 0.0474.